The number of aromatic carboxylic acids is 1. The van der Waals surface area contributed by atoms with Crippen LogP contribution < -0.4 is 5.73 Å². The van der Waals surface area contributed by atoms with Crippen LogP contribution in [0, 0.1) is 0 Å². The summed E-state index contributed by atoms with van der Waals surface area (Å²) >= 11 is 0. The third-order valence-corrected chi connectivity index (χ3v) is 2.21. The summed E-state index contributed by atoms with van der Waals surface area (Å²) in [6, 6.07) is 11.0. The van der Waals surface area contributed by atoms with Crippen molar-refractivity contribution in [1.82, 2.24) is 9.78 Å². The lowest BCUT2D eigenvalue weighted by molar-refractivity contribution is 0.0689. The van der Waals surface area contributed by atoms with Crippen LogP contribution in [0.4, 0.5) is 5.82 Å². The number of nitrogens with two attached hydrogens (primary N) is 1. The topological polar surface area (TPSA) is 81.1 Å². The number of benzene rings is 1. The van der Waals surface area contributed by atoms with Gasteiger partial charge >= 0.3 is 5.97 Å². The van der Waals surface area contributed by atoms with Crippen molar-refractivity contribution in [2.75, 3.05) is 5.73 Å². The molecule has 1 aromatic heterocycles. The largest absolute Gasteiger partial charge is 0.476 e. The minimum absolute atomic E-state index is 0.0339. The minimum Gasteiger partial charge on any atom is -0.476 e. The second kappa shape index (κ2) is 4.06. The Labute approximate surface area is 92.1 Å². The molecule has 0 aliphatic heterocycles. The third kappa shape index (κ3) is 2.03. The van der Waals surface area contributed by atoms with Gasteiger partial charge in [0.15, 0.2) is 5.69 Å². The molecular weight excluding hydrogens is 206 g/mol. The lowest BCUT2D eigenvalue weighted by Crippen LogP contribution is -2.06. The van der Waals surface area contributed by atoms with Crippen LogP contribution in [0.25, 0.3) is 0 Å². The van der Waals surface area contributed by atoms with E-state index in [4.69, 9.17) is 10.8 Å². The van der Waals surface area contributed by atoms with E-state index in [9.17, 15) is 4.79 Å². The zero-order valence-electron chi connectivity index (χ0n) is 8.50. The summed E-state index contributed by atoms with van der Waals surface area (Å²) in [6.45, 7) is 0.472. The molecule has 0 radical (unpaired) electrons. The van der Waals surface area contributed by atoms with Crippen LogP contribution >= 0.6 is 0 Å². The van der Waals surface area contributed by atoms with Crippen molar-refractivity contribution in [1.29, 1.82) is 0 Å². The van der Waals surface area contributed by atoms with E-state index in [0.717, 1.165) is 5.56 Å². The Kier molecular flexibility index (Phi) is 2.59. The second-order valence-corrected chi connectivity index (χ2v) is 3.40. The van der Waals surface area contributed by atoms with Crippen LogP contribution in [-0.4, -0.2) is 20.9 Å². The van der Waals surface area contributed by atoms with Gasteiger partial charge in [0.1, 0.15) is 5.82 Å². The fourth-order valence-corrected chi connectivity index (χ4v) is 1.42. The molecule has 0 spiro atoms. The predicted octanol–water partition coefficient (Wildman–Crippen LogP) is 1.21. The Bertz CT molecular complexity index is 505. The number of hydrogen-bond donors (Lipinski definition) is 2. The van der Waals surface area contributed by atoms with E-state index in [1.54, 1.807) is 0 Å². The average Bonchev–Trinajstić information content (AvgIpc) is 2.62. The van der Waals surface area contributed by atoms with E-state index < -0.39 is 5.97 Å². The number of carboxylic acid groups (broad SMARTS) is 1. The molecule has 0 aliphatic carbocycles. The normalized spacial score (nSPS) is 10.2. The van der Waals surface area contributed by atoms with Gasteiger partial charge in [-0.1, -0.05) is 30.3 Å². The summed E-state index contributed by atoms with van der Waals surface area (Å²) in [7, 11) is 0. The van der Waals surface area contributed by atoms with Crippen LogP contribution in [-0.2, 0) is 6.54 Å². The molecule has 2 rings (SSSR count). The molecule has 0 unspecified atom stereocenters. The fourth-order valence-electron chi connectivity index (χ4n) is 1.42. The molecule has 1 aromatic carbocycles. The van der Waals surface area contributed by atoms with E-state index in [2.05, 4.69) is 5.10 Å². The predicted molar refractivity (Wildman–Crippen MR) is 59.1 cm³/mol. The molecule has 0 amide bonds. The van der Waals surface area contributed by atoms with Gasteiger partial charge in [-0.15, -0.1) is 0 Å². The Morgan fingerprint density at radius 1 is 1.38 bits per heavy atom. The summed E-state index contributed by atoms with van der Waals surface area (Å²) in [5, 5.41) is 12.7. The number of nitrogen functional groups attached to an aromatic ring is 1. The van der Waals surface area contributed by atoms with Crippen molar-refractivity contribution >= 4 is 11.8 Å². The van der Waals surface area contributed by atoms with Gasteiger partial charge in [-0.25, -0.2) is 9.48 Å². The number of carbonyl (C=O) groups is 1. The van der Waals surface area contributed by atoms with Crippen molar-refractivity contribution in [3.05, 3.63) is 47.7 Å². The van der Waals surface area contributed by atoms with E-state index in [1.807, 2.05) is 30.3 Å². The number of hydrogen-bond acceptors (Lipinski definition) is 3. The highest BCUT2D eigenvalue weighted by Crippen LogP contribution is 2.09. The van der Waals surface area contributed by atoms with E-state index in [1.165, 1.54) is 10.7 Å². The van der Waals surface area contributed by atoms with Crippen molar-refractivity contribution in [3.8, 4) is 0 Å². The SMILES string of the molecule is Nc1cc(C(=O)O)nn1Cc1ccccc1. The average molecular weight is 217 g/mol. The third-order valence-electron chi connectivity index (χ3n) is 2.21. The standard InChI is InChI=1S/C11H11N3O2/c12-10-6-9(11(15)16)13-14(10)7-8-4-2-1-3-5-8/h1-6H,7,12H2,(H,15,16). The molecule has 0 saturated carbocycles. The second-order valence-electron chi connectivity index (χ2n) is 3.40. The van der Waals surface area contributed by atoms with Gasteiger partial charge < -0.3 is 10.8 Å². The maximum absolute atomic E-state index is 10.7. The van der Waals surface area contributed by atoms with Gasteiger partial charge in [0.2, 0.25) is 0 Å². The maximum Gasteiger partial charge on any atom is 0.356 e. The molecule has 1 heterocycles. The molecule has 0 bridgehead atoms. The van der Waals surface area contributed by atoms with Crippen molar-refractivity contribution in [3.63, 3.8) is 0 Å². The highest BCUT2D eigenvalue weighted by molar-refractivity contribution is 5.86. The monoisotopic (exact) mass is 217 g/mol. The Morgan fingerprint density at radius 3 is 2.62 bits per heavy atom. The lowest BCUT2D eigenvalue weighted by Gasteiger charge is -2.03. The summed E-state index contributed by atoms with van der Waals surface area (Å²) in [5.74, 6) is -0.722. The molecule has 0 fully saturated rings. The van der Waals surface area contributed by atoms with Crippen molar-refractivity contribution < 1.29 is 9.90 Å². The Balaban J connectivity index is 2.25. The van der Waals surface area contributed by atoms with Gasteiger partial charge in [0, 0.05) is 6.07 Å². The Morgan fingerprint density at radius 2 is 2.06 bits per heavy atom. The first-order valence-electron chi connectivity index (χ1n) is 4.77. The van der Waals surface area contributed by atoms with Gasteiger partial charge in [-0.2, -0.15) is 5.10 Å². The smallest absolute Gasteiger partial charge is 0.356 e. The molecule has 0 aliphatic rings. The van der Waals surface area contributed by atoms with Gasteiger partial charge in [-0.05, 0) is 5.56 Å². The van der Waals surface area contributed by atoms with E-state index in [-0.39, 0.29) is 5.69 Å². The van der Waals surface area contributed by atoms with Crippen LogP contribution in [0.5, 0.6) is 0 Å². The van der Waals surface area contributed by atoms with Crippen LogP contribution in [0.1, 0.15) is 16.1 Å². The van der Waals surface area contributed by atoms with Crippen LogP contribution in [0.2, 0.25) is 0 Å². The summed E-state index contributed by atoms with van der Waals surface area (Å²) < 4.78 is 1.47. The van der Waals surface area contributed by atoms with Crippen molar-refractivity contribution in [2.45, 2.75) is 6.54 Å². The fraction of sp³-hybridized carbons (Fsp3) is 0.0909. The quantitative estimate of drug-likeness (QED) is 0.809. The Hall–Kier alpha value is -2.30. The molecule has 16 heavy (non-hydrogen) atoms. The minimum atomic E-state index is -1.07. The number of aromatic nitrogens is 2. The molecule has 5 heteroatoms. The lowest BCUT2D eigenvalue weighted by atomic mass is 10.2. The summed E-state index contributed by atoms with van der Waals surface area (Å²) in [4.78, 5) is 10.7. The highest BCUT2D eigenvalue weighted by Gasteiger charge is 2.10. The van der Waals surface area contributed by atoms with E-state index >= 15 is 0 Å². The zero-order valence-corrected chi connectivity index (χ0v) is 8.50. The van der Waals surface area contributed by atoms with E-state index in [0.29, 0.717) is 12.4 Å². The maximum atomic E-state index is 10.7. The molecular formula is C11H11N3O2. The number of nitrogens with zero attached hydrogens (tertiary/aromatic N) is 2. The first kappa shape index (κ1) is 10.2. The van der Waals surface area contributed by atoms with Crippen LogP contribution in [0.15, 0.2) is 36.4 Å². The van der Waals surface area contributed by atoms with Crippen LogP contribution in [0.3, 0.4) is 0 Å². The number of anilines is 1. The van der Waals surface area contributed by atoms with Crippen molar-refractivity contribution in [2.24, 2.45) is 0 Å². The molecule has 0 atom stereocenters. The molecule has 0 saturated heterocycles. The molecule has 5 nitrogen and oxygen atoms in total. The zero-order chi connectivity index (χ0) is 11.5. The van der Waals surface area contributed by atoms with Gasteiger partial charge in [-0.3, -0.25) is 0 Å². The van der Waals surface area contributed by atoms with Gasteiger partial charge in [0.25, 0.3) is 0 Å². The molecule has 2 aromatic rings. The number of carboxylic acids is 1. The highest BCUT2D eigenvalue weighted by atomic mass is 16.4. The van der Waals surface area contributed by atoms with Gasteiger partial charge in [0.05, 0.1) is 6.54 Å². The first-order chi connectivity index (χ1) is 7.66. The first-order valence-corrected chi connectivity index (χ1v) is 4.77. The summed E-state index contributed by atoms with van der Waals surface area (Å²) in [5.41, 5.74) is 6.65. The summed E-state index contributed by atoms with van der Waals surface area (Å²) in [6.07, 6.45) is 0. The molecule has 3 N–H and O–H groups in total. The molecule has 82 valence electrons. The number of rotatable bonds is 3.